The Morgan fingerprint density at radius 1 is 1.21 bits per heavy atom. The van der Waals surface area contributed by atoms with Gasteiger partial charge in [-0.3, -0.25) is 10.1 Å². The van der Waals surface area contributed by atoms with Gasteiger partial charge < -0.3 is 9.64 Å². The summed E-state index contributed by atoms with van der Waals surface area (Å²) in [5.41, 5.74) is -0.475. The molecule has 19 heavy (non-hydrogen) atoms. The molecule has 1 aliphatic carbocycles. The summed E-state index contributed by atoms with van der Waals surface area (Å²) in [6.45, 7) is 1.85. The lowest BCUT2D eigenvalue weighted by Crippen LogP contribution is -2.63. The second-order valence-corrected chi connectivity index (χ2v) is 6.25. The van der Waals surface area contributed by atoms with Gasteiger partial charge in [-0.05, 0) is 39.3 Å². The monoisotopic (exact) mass is 268 g/mol. The maximum absolute atomic E-state index is 12.3. The van der Waals surface area contributed by atoms with Crippen LogP contribution in [0.3, 0.4) is 0 Å². The van der Waals surface area contributed by atoms with Gasteiger partial charge in [0.1, 0.15) is 5.54 Å². The van der Waals surface area contributed by atoms with Crippen molar-refractivity contribution in [3.8, 4) is 0 Å². The lowest BCUT2D eigenvalue weighted by molar-refractivity contribution is -0.151. The van der Waals surface area contributed by atoms with E-state index in [4.69, 9.17) is 4.74 Å². The predicted octanol–water partition coefficient (Wildman–Crippen LogP) is 1.94. The lowest BCUT2D eigenvalue weighted by Gasteiger charge is -2.42. The van der Waals surface area contributed by atoms with Crippen LogP contribution in [0.2, 0.25) is 0 Å². The van der Waals surface area contributed by atoms with Gasteiger partial charge in [-0.25, -0.2) is 0 Å². The topological polar surface area (TPSA) is 41.6 Å². The molecule has 2 rings (SSSR count). The number of ether oxygens (including phenoxy) is 1. The molecule has 1 saturated carbocycles. The highest BCUT2D eigenvalue weighted by molar-refractivity contribution is 5.81. The van der Waals surface area contributed by atoms with Crippen molar-refractivity contribution >= 4 is 5.97 Å². The van der Waals surface area contributed by atoms with Crippen molar-refractivity contribution < 1.29 is 9.53 Å². The average Bonchev–Trinajstić information content (AvgIpc) is 2.66. The Hall–Kier alpha value is -0.610. The molecular weight excluding hydrogens is 240 g/mol. The van der Waals surface area contributed by atoms with Gasteiger partial charge in [0.15, 0.2) is 0 Å². The van der Waals surface area contributed by atoms with Crippen LogP contribution in [0.15, 0.2) is 0 Å². The predicted molar refractivity (Wildman–Crippen MR) is 76.1 cm³/mol. The lowest BCUT2D eigenvalue weighted by atomic mass is 9.87. The first kappa shape index (κ1) is 14.8. The Kier molecular flexibility index (Phi) is 5.22. The number of hydrogen-bond acceptors (Lipinski definition) is 4. The second-order valence-electron chi connectivity index (χ2n) is 6.25. The third kappa shape index (κ3) is 3.69. The Balaban J connectivity index is 2.06. The minimum atomic E-state index is -0.475. The molecule has 110 valence electrons. The first-order valence-corrected chi connectivity index (χ1v) is 7.71. The summed E-state index contributed by atoms with van der Waals surface area (Å²) in [6, 6.07) is 0.480. The van der Waals surface area contributed by atoms with E-state index in [1.54, 1.807) is 0 Å². The van der Waals surface area contributed by atoms with Crippen molar-refractivity contribution in [1.82, 2.24) is 10.2 Å². The van der Waals surface area contributed by atoms with Gasteiger partial charge in [-0.1, -0.05) is 25.7 Å². The summed E-state index contributed by atoms with van der Waals surface area (Å²) in [5.74, 6) is -0.0803. The van der Waals surface area contributed by atoms with Crippen LogP contribution >= 0.6 is 0 Å². The molecule has 0 spiro atoms. The summed E-state index contributed by atoms with van der Waals surface area (Å²) in [7, 11) is 3.60. The molecule has 1 N–H and O–H groups in total. The highest BCUT2D eigenvalue weighted by Gasteiger charge is 2.43. The fourth-order valence-electron chi connectivity index (χ4n) is 3.62. The number of nitrogens with zero attached hydrogens (tertiary/aromatic N) is 1. The molecule has 1 unspecified atom stereocenters. The number of carbonyl (C=O) groups excluding carboxylic acids is 1. The van der Waals surface area contributed by atoms with Crippen LogP contribution in [0.1, 0.15) is 51.4 Å². The molecule has 1 atom stereocenters. The van der Waals surface area contributed by atoms with E-state index in [1.165, 1.54) is 45.6 Å². The molecule has 0 aromatic heterocycles. The SMILES string of the molecule is COC(=O)C1(NC2CCCCCC2)CCCN(C)C1. The van der Waals surface area contributed by atoms with Crippen molar-refractivity contribution in [1.29, 1.82) is 0 Å². The number of piperidine rings is 1. The molecule has 0 amide bonds. The van der Waals surface area contributed by atoms with Gasteiger partial charge in [0.25, 0.3) is 0 Å². The largest absolute Gasteiger partial charge is 0.468 e. The van der Waals surface area contributed by atoms with Crippen LogP contribution < -0.4 is 5.32 Å². The van der Waals surface area contributed by atoms with Crippen LogP contribution in [0, 0.1) is 0 Å². The van der Waals surface area contributed by atoms with E-state index in [1.807, 2.05) is 0 Å². The average molecular weight is 268 g/mol. The molecule has 1 aliphatic heterocycles. The van der Waals surface area contributed by atoms with Gasteiger partial charge in [-0.2, -0.15) is 0 Å². The molecule has 1 saturated heterocycles. The van der Waals surface area contributed by atoms with Crippen molar-refractivity contribution in [3.05, 3.63) is 0 Å². The first-order valence-electron chi connectivity index (χ1n) is 7.71. The number of carbonyl (C=O) groups is 1. The van der Waals surface area contributed by atoms with Crippen LogP contribution in [-0.2, 0) is 9.53 Å². The third-order valence-corrected chi connectivity index (χ3v) is 4.59. The van der Waals surface area contributed by atoms with E-state index in [2.05, 4.69) is 17.3 Å². The number of esters is 1. The van der Waals surface area contributed by atoms with E-state index in [0.717, 1.165) is 25.9 Å². The Morgan fingerprint density at radius 2 is 1.89 bits per heavy atom. The number of hydrogen-bond donors (Lipinski definition) is 1. The number of nitrogens with one attached hydrogen (secondary N) is 1. The normalized spacial score (nSPS) is 30.8. The van der Waals surface area contributed by atoms with E-state index in [0.29, 0.717) is 6.04 Å². The maximum atomic E-state index is 12.3. The quantitative estimate of drug-likeness (QED) is 0.627. The zero-order chi connectivity index (χ0) is 13.7. The number of likely N-dealkylation sites (tertiary alicyclic amines) is 1. The number of rotatable bonds is 3. The minimum absolute atomic E-state index is 0.0803. The summed E-state index contributed by atoms with van der Waals surface area (Å²) >= 11 is 0. The molecule has 1 heterocycles. The molecule has 0 aromatic rings. The minimum Gasteiger partial charge on any atom is -0.468 e. The third-order valence-electron chi connectivity index (χ3n) is 4.59. The molecular formula is C15H28N2O2. The van der Waals surface area contributed by atoms with E-state index >= 15 is 0 Å². The number of likely N-dealkylation sites (N-methyl/N-ethyl adjacent to an activating group) is 1. The molecule has 0 radical (unpaired) electrons. The Bertz CT molecular complexity index is 301. The van der Waals surface area contributed by atoms with Crippen LogP contribution in [-0.4, -0.2) is 49.7 Å². The zero-order valence-electron chi connectivity index (χ0n) is 12.4. The molecule has 4 nitrogen and oxygen atoms in total. The molecule has 0 bridgehead atoms. The highest BCUT2D eigenvalue weighted by Crippen LogP contribution is 2.26. The van der Waals surface area contributed by atoms with Crippen LogP contribution in [0.25, 0.3) is 0 Å². The second kappa shape index (κ2) is 6.71. The fourth-order valence-corrected chi connectivity index (χ4v) is 3.62. The van der Waals surface area contributed by atoms with Crippen molar-refractivity contribution in [2.45, 2.75) is 62.9 Å². The van der Waals surface area contributed by atoms with Gasteiger partial charge in [0.2, 0.25) is 0 Å². The van der Waals surface area contributed by atoms with E-state index in [9.17, 15) is 4.79 Å². The van der Waals surface area contributed by atoms with Gasteiger partial charge in [0.05, 0.1) is 7.11 Å². The summed E-state index contributed by atoms with van der Waals surface area (Å²) in [5, 5.41) is 3.68. The van der Waals surface area contributed by atoms with Gasteiger partial charge >= 0.3 is 5.97 Å². The van der Waals surface area contributed by atoms with Crippen molar-refractivity contribution in [3.63, 3.8) is 0 Å². The standard InChI is InChI=1S/C15H28N2O2/c1-17-11-7-10-15(12-17,14(18)19-2)16-13-8-5-3-4-6-9-13/h13,16H,3-12H2,1-2H3. The highest BCUT2D eigenvalue weighted by atomic mass is 16.5. The van der Waals surface area contributed by atoms with Gasteiger partial charge in [0, 0.05) is 12.6 Å². The smallest absolute Gasteiger partial charge is 0.327 e. The molecule has 0 aromatic carbocycles. The Labute approximate surface area is 116 Å². The maximum Gasteiger partial charge on any atom is 0.327 e. The van der Waals surface area contributed by atoms with E-state index < -0.39 is 5.54 Å². The van der Waals surface area contributed by atoms with Crippen LogP contribution in [0.4, 0.5) is 0 Å². The summed E-state index contributed by atoms with van der Waals surface area (Å²) in [4.78, 5) is 14.5. The number of methoxy groups -OCH3 is 1. The molecule has 2 fully saturated rings. The van der Waals surface area contributed by atoms with Crippen LogP contribution in [0.5, 0.6) is 0 Å². The fraction of sp³-hybridized carbons (Fsp3) is 0.933. The van der Waals surface area contributed by atoms with Gasteiger partial charge in [-0.15, -0.1) is 0 Å². The van der Waals surface area contributed by atoms with E-state index in [-0.39, 0.29) is 5.97 Å². The van der Waals surface area contributed by atoms with Crippen molar-refractivity contribution in [2.24, 2.45) is 0 Å². The Morgan fingerprint density at radius 3 is 2.47 bits per heavy atom. The van der Waals surface area contributed by atoms with Crippen molar-refractivity contribution in [2.75, 3.05) is 27.2 Å². The summed E-state index contributed by atoms with van der Waals surface area (Å²) in [6.07, 6.45) is 9.60. The zero-order valence-corrected chi connectivity index (χ0v) is 12.4. The molecule has 4 heteroatoms. The molecule has 2 aliphatic rings. The summed E-state index contributed by atoms with van der Waals surface area (Å²) < 4.78 is 5.09. The first-order chi connectivity index (χ1) is 9.16.